The Hall–Kier alpha value is -0.780. The van der Waals surface area contributed by atoms with Gasteiger partial charge in [0.1, 0.15) is 18.3 Å². The van der Waals surface area contributed by atoms with Gasteiger partial charge < -0.3 is 24.7 Å². The SMILES string of the molecule is CCSc1nc(=O)ccn1[C@@H]1O[C@H](COP(=O)(O)O)[C@@H](O)[C@H]1O. The molecule has 0 aliphatic carbocycles. The van der Waals surface area contributed by atoms with Gasteiger partial charge in [0.15, 0.2) is 11.4 Å². The Kier molecular flexibility index (Phi) is 5.98. The van der Waals surface area contributed by atoms with Crippen LogP contribution in [0.5, 0.6) is 0 Å². The van der Waals surface area contributed by atoms with Gasteiger partial charge in [0.2, 0.25) is 0 Å². The normalized spacial score (nSPS) is 28.2. The van der Waals surface area contributed by atoms with Crippen molar-refractivity contribution in [2.45, 2.75) is 36.6 Å². The van der Waals surface area contributed by atoms with E-state index in [1.54, 1.807) is 0 Å². The van der Waals surface area contributed by atoms with Gasteiger partial charge in [-0.25, -0.2) is 4.57 Å². The van der Waals surface area contributed by atoms with Crippen LogP contribution in [0.25, 0.3) is 0 Å². The number of aromatic nitrogens is 2. The topological polar surface area (TPSA) is 151 Å². The zero-order valence-corrected chi connectivity index (χ0v) is 13.8. The molecule has 2 rings (SSSR count). The Bertz CT molecular complexity index is 649. The molecule has 4 atom stereocenters. The van der Waals surface area contributed by atoms with Crippen molar-refractivity contribution < 1.29 is 33.8 Å². The second kappa shape index (κ2) is 7.41. The van der Waals surface area contributed by atoms with Gasteiger partial charge in [-0.1, -0.05) is 18.7 Å². The average molecular weight is 368 g/mol. The van der Waals surface area contributed by atoms with Crippen molar-refractivity contribution in [1.82, 2.24) is 9.55 Å². The molecule has 0 aromatic carbocycles. The van der Waals surface area contributed by atoms with E-state index in [2.05, 4.69) is 9.51 Å². The van der Waals surface area contributed by atoms with E-state index in [0.29, 0.717) is 10.9 Å². The Balaban J connectivity index is 2.21. The average Bonchev–Trinajstić information content (AvgIpc) is 2.73. The fourth-order valence-electron chi connectivity index (χ4n) is 2.09. The van der Waals surface area contributed by atoms with E-state index < -0.39 is 44.5 Å². The molecule has 0 saturated carbocycles. The van der Waals surface area contributed by atoms with Crippen molar-refractivity contribution in [2.75, 3.05) is 12.4 Å². The standard InChI is InChI=1S/C11H17N2O8PS/c1-2-23-11-12-7(14)3-4-13(11)10-9(16)8(15)6(21-10)5-20-22(17,18)19/h3-4,6,8-10,15-16H,2,5H2,1H3,(H2,17,18,19)/t6-,8-,9-,10-/m1/s1. The number of phosphoric acid groups is 1. The Morgan fingerprint density at radius 3 is 2.74 bits per heavy atom. The van der Waals surface area contributed by atoms with Gasteiger partial charge in [-0.2, -0.15) is 4.98 Å². The molecule has 1 aliphatic rings. The van der Waals surface area contributed by atoms with Crippen LogP contribution in [0.4, 0.5) is 0 Å². The van der Waals surface area contributed by atoms with E-state index in [4.69, 9.17) is 14.5 Å². The van der Waals surface area contributed by atoms with Gasteiger partial charge in [-0.05, 0) is 5.75 Å². The minimum atomic E-state index is -4.72. The lowest BCUT2D eigenvalue weighted by Crippen LogP contribution is -2.34. The lowest BCUT2D eigenvalue weighted by Gasteiger charge is -2.20. The molecule has 23 heavy (non-hydrogen) atoms. The number of hydrogen-bond donors (Lipinski definition) is 4. The number of rotatable bonds is 6. The summed E-state index contributed by atoms with van der Waals surface area (Å²) in [5, 5.41) is 20.4. The van der Waals surface area contributed by atoms with E-state index in [1.165, 1.54) is 28.6 Å². The Morgan fingerprint density at radius 2 is 2.13 bits per heavy atom. The number of thioether (sulfide) groups is 1. The van der Waals surface area contributed by atoms with Crippen LogP contribution in [0, 0.1) is 0 Å². The number of aliphatic hydroxyl groups is 2. The highest BCUT2D eigenvalue weighted by molar-refractivity contribution is 7.99. The second-order valence-corrected chi connectivity index (χ2v) is 7.19. The predicted octanol–water partition coefficient (Wildman–Crippen LogP) is -0.916. The summed E-state index contributed by atoms with van der Waals surface area (Å²) < 4.78 is 21.9. The Morgan fingerprint density at radius 1 is 1.43 bits per heavy atom. The second-order valence-electron chi connectivity index (χ2n) is 4.72. The molecule has 10 nitrogen and oxygen atoms in total. The summed E-state index contributed by atoms with van der Waals surface area (Å²) in [5.74, 6) is 0.618. The summed E-state index contributed by atoms with van der Waals surface area (Å²) in [4.78, 5) is 32.6. The molecular weight excluding hydrogens is 351 g/mol. The van der Waals surface area contributed by atoms with E-state index >= 15 is 0 Å². The molecule has 0 amide bonds. The van der Waals surface area contributed by atoms with Gasteiger partial charge >= 0.3 is 7.82 Å². The van der Waals surface area contributed by atoms with Crippen LogP contribution in [0.2, 0.25) is 0 Å². The van der Waals surface area contributed by atoms with Gasteiger partial charge in [0.25, 0.3) is 5.56 Å². The molecule has 2 heterocycles. The molecule has 0 unspecified atom stereocenters. The molecule has 1 saturated heterocycles. The lowest BCUT2D eigenvalue weighted by atomic mass is 10.1. The molecule has 0 radical (unpaired) electrons. The minimum absolute atomic E-state index is 0.299. The molecule has 0 bridgehead atoms. The summed E-state index contributed by atoms with van der Waals surface area (Å²) in [6.07, 6.45) is -3.61. The maximum absolute atomic E-state index is 11.4. The molecule has 12 heteroatoms. The van der Waals surface area contributed by atoms with Crippen molar-refractivity contribution in [1.29, 1.82) is 0 Å². The number of nitrogens with zero attached hydrogens (tertiary/aromatic N) is 2. The van der Waals surface area contributed by atoms with Crippen LogP contribution >= 0.6 is 19.6 Å². The first-order valence-corrected chi connectivity index (χ1v) is 9.18. The summed E-state index contributed by atoms with van der Waals surface area (Å²) >= 11 is 1.25. The fourth-order valence-corrected chi connectivity index (χ4v) is 3.16. The van der Waals surface area contributed by atoms with Crippen LogP contribution in [-0.2, 0) is 13.8 Å². The summed E-state index contributed by atoms with van der Waals surface area (Å²) in [7, 11) is -4.72. The summed E-state index contributed by atoms with van der Waals surface area (Å²) in [6, 6.07) is 1.18. The first kappa shape index (κ1) is 18.6. The molecular formula is C11H17N2O8PS. The quantitative estimate of drug-likeness (QED) is 0.282. The Labute approximate surface area is 135 Å². The zero-order chi connectivity index (χ0) is 17.2. The molecule has 0 spiro atoms. The molecule has 1 fully saturated rings. The van der Waals surface area contributed by atoms with Crippen molar-refractivity contribution in [2.24, 2.45) is 0 Å². The predicted molar refractivity (Wildman–Crippen MR) is 78.8 cm³/mol. The maximum atomic E-state index is 11.4. The van der Waals surface area contributed by atoms with E-state index in [0.717, 1.165) is 0 Å². The molecule has 4 N–H and O–H groups in total. The van der Waals surface area contributed by atoms with Gasteiger partial charge in [-0.3, -0.25) is 13.9 Å². The van der Waals surface area contributed by atoms with Crippen molar-refractivity contribution >= 4 is 19.6 Å². The minimum Gasteiger partial charge on any atom is -0.387 e. The first-order valence-electron chi connectivity index (χ1n) is 6.66. The van der Waals surface area contributed by atoms with E-state index in [-0.39, 0.29) is 0 Å². The van der Waals surface area contributed by atoms with E-state index in [1.807, 2.05) is 6.92 Å². The van der Waals surface area contributed by atoms with Crippen LogP contribution in [0.3, 0.4) is 0 Å². The highest BCUT2D eigenvalue weighted by Crippen LogP contribution is 2.38. The third kappa shape index (κ3) is 4.61. The van der Waals surface area contributed by atoms with Crippen LogP contribution in [0.1, 0.15) is 13.2 Å². The molecule has 1 aromatic heterocycles. The maximum Gasteiger partial charge on any atom is 0.469 e. The van der Waals surface area contributed by atoms with Crippen LogP contribution in [-0.4, -0.2) is 60.2 Å². The van der Waals surface area contributed by atoms with Gasteiger partial charge in [0.05, 0.1) is 6.61 Å². The number of aliphatic hydroxyl groups excluding tert-OH is 2. The third-order valence-electron chi connectivity index (χ3n) is 3.10. The van der Waals surface area contributed by atoms with Crippen molar-refractivity contribution in [3.8, 4) is 0 Å². The largest absolute Gasteiger partial charge is 0.469 e. The fraction of sp³-hybridized carbons (Fsp3) is 0.636. The monoisotopic (exact) mass is 368 g/mol. The number of hydrogen-bond acceptors (Lipinski definition) is 8. The highest BCUT2D eigenvalue weighted by Gasteiger charge is 2.45. The molecule has 1 aliphatic heterocycles. The number of phosphoric ester groups is 1. The van der Waals surface area contributed by atoms with Crippen molar-refractivity contribution in [3.63, 3.8) is 0 Å². The number of ether oxygens (including phenoxy) is 1. The van der Waals surface area contributed by atoms with Crippen LogP contribution < -0.4 is 5.56 Å². The zero-order valence-electron chi connectivity index (χ0n) is 12.1. The smallest absolute Gasteiger partial charge is 0.387 e. The first-order chi connectivity index (χ1) is 10.7. The summed E-state index contributed by atoms with van der Waals surface area (Å²) in [5.41, 5.74) is -0.452. The van der Waals surface area contributed by atoms with Gasteiger partial charge in [0, 0.05) is 12.3 Å². The lowest BCUT2D eigenvalue weighted by molar-refractivity contribution is -0.0569. The molecule has 1 aromatic rings. The van der Waals surface area contributed by atoms with E-state index in [9.17, 15) is 19.6 Å². The highest BCUT2D eigenvalue weighted by atomic mass is 32.2. The van der Waals surface area contributed by atoms with Crippen molar-refractivity contribution in [3.05, 3.63) is 22.6 Å². The van der Waals surface area contributed by atoms with Gasteiger partial charge in [-0.15, -0.1) is 0 Å². The summed E-state index contributed by atoms with van der Waals surface area (Å²) in [6.45, 7) is 1.26. The molecule has 130 valence electrons. The third-order valence-corrected chi connectivity index (χ3v) is 4.43. The van der Waals surface area contributed by atoms with Crippen LogP contribution in [0.15, 0.2) is 22.2 Å².